The topological polar surface area (TPSA) is 57.8 Å². The van der Waals surface area contributed by atoms with E-state index in [1.165, 1.54) is 12.1 Å². The number of benzene rings is 1. The molecule has 1 amide bonds. The summed E-state index contributed by atoms with van der Waals surface area (Å²) in [6.45, 7) is 1.92. The summed E-state index contributed by atoms with van der Waals surface area (Å²) < 4.78 is 12.9. The molecule has 1 aliphatic heterocycles. The van der Waals surface area contributed by atoms with Crippen LogP contribution in [0.2, 0.25) is 0 Å². The minimum atomic E-state index is -0.275. The van der Waals surface area contributed by atoms with E-state index >= 15 is 0 Å². The second-order valence-electron chi connectivity index (χ2n) is 4.47. The number of aromatic nitrogens is 2. The van der Waals surface area contributed by atoms with Crippen molar-refractivity contribution in [2.45, 2.75) is 19.3 Å². The van der Waals surface area contributed by atoms with E-state index in [1.54, 1.807) is 12.1 Å². The van der Waals surface area contributed by atoms with E-state index in [0.717, 1.165) is 16.8 Å². The van der Waals surface area contributed by atoms with Crippen molar-refractivity contribution in [1.82, 2.24) is 10.2 Å². The number of carbonyl (C=O) groups is 1. The molecule has 0 spiro atoms. The van der Waals surface area contributed by atoms with Crippen LogP contribution in [0.5, 0.6) is 0 Å². The molecule has 3 rings (SSSR count). The number of amides is 1. The molecule has 92 valence electrons. The number of aryl methyl sites for hydroxylation is 1. The van der Waals surface area contributed by atoms with Crippen LogP contribution in [-0.4, -0.2) is 16.1 Å². The van der Waals surface area contributed by atoms with Gasteiger partial charge in [-0.2, -0.15) is 5.10 Å². The molecule has 0 aliphatic carbocycles. The second-order valence-corrected chi connectivity index (χ2v) is 4.47. The Morgan fingerprint density at radius 3 is 2.78 bits per heavy atom. The molecule has 2 heterocycles. The van der Waals surface area contributed by atoms with Gasteiger partial charge in [-0.1, -0.05) is 12.1 Å². The Labute approximate surface area is 103 Å². The minimum Gasteiger partial charge on any atom is -0.309 e. The van der Waals surface area contributed by atoms with Crippen LogP contribution in [0, 0.1) is 12.7 Å². The maximum atomic E-state index is 12.9. The number of H-pyrrole nitrogens is 1. The van der Waals surface area contributed by atoms with Gasteiger partial charge >= 0.3 is 0 Å². The maximum Gasteiger partial charge on any atom is 0.226 e. The number of hydrogen-bond donors (Lipinski definition) is 2. The zero-order valence-corrected chi connectivity index (χ0v) is 9.83. The third kappa shape index (κ3) is 1.68. The molecule has 0 saturated heterocycles. The summed E-state index contributed by atoms with van der Waals surface area (Å²) in [6.07, 6.45) is 0.360. The molecule has 18 heavy (non-hydrogen) atoms. The van der Waals surface area contributed by atoms with Gasteiger partial charge in [0, 0.05) is 23.6 Å². The number of anilines is 1. The van der Waals surface area contributed by atoms with Crippen LogP contribution >= 0.6 is 0 Å². The SMILES string of the molecule is Cc1[nH]nc2c1C(c1ccc(F)cc1)CC(=O)N2. The van der Waals surface area contributed by atoms with Gasteiger partial charge in [-0.15, -0.1) is 0 Å². The number of nitrogens with zero attached hydrogens (tertiary/aromatic N) is 1. The molecule has 5 heteroatoms. The number of carbonyl (C=O) groups excluding carboxylic acids is 1. The number of rotatable bonds is 1. The number of fused-ring (bicyclic) bond motifs is 1. The fourth-order valence-electron chi connectivity index (χ4n) is 2.41. The summed E-state index contributed by atoms with van der Waals surface area (Å²) >= 11 is 0. The Balaban J connectivity index is 2.09. The Hall–Kier alpha value is -2.17. The van der Waals surface area contributed by atoms with Crippen LogP contribution in [0.4, 0.5) is 10.2 Å². The molecule has 0 radical (unpaired) electrons. The van der Waals surface area contributed by atoms with Gasteiger partial charge in [0.15, 0.2) is 5.82 Å². The van der Waals surface area contributed by atoms with Crippen LogP contribution in [0.15, 0.2) is 24.3 Å². The summed E-state index contributed by atoms with van der Waals surface area (Å²) in [7, 11) is 0. The number of halogens is 1. The molecule has 1 unspecified atom stereocenters. The number of aromatic amines is 1. The first-order valence-electron chi connectivity index (χ1n) is 5.75. The van der Waals surface area contributed by atoms with E-state index < -0.39 is 0 Å². The number of nitrogens with one attached hydrogen (secondary N) is 2. The first-order chi connectivity index (χ1) is 8.65. The van der Waals surface area contributed by atoms with E-state index in [9.17, 15) is 9.18 Å². The highest BCUT2D eigenvalue weighted by Crippen LogP contribution is 2.37. The molecule has 0 bridgehead atoms. The van der Waals surface area contributed by atoms with Crippen molar-refractivity contribution in [2.24, 2.45) is 0 Å². The molecule has 0 saturated carbocycles. The van der Waals surface area contributed by atoms with Gasteiger partial charge in [-0.25, -0.2) is 4.39 Å². The maximum absolute atomic E-state index is 12.9. The van der Waals surface area contributed by atoms with Crippen molar-refractivity contribution < 1.29 is 9.18 Å². The second kappa shape index (κ2) is 3.94. The lowest BCUT2D eigenvalue weighted by atomic mass is 9.86. The summed E-state index contributed by atoms with van der Waals surface area (Å²) in [4.78, 5) is 11.6. The van der Waals surface area contributed by atoms with Crippen LogP contribution in [-0.2, 0) is 4.79 Å². The molecule has 4 nitrogen and oxygen atoms in total. The quantitative estimate of drug-likeness (QED) is 0.810. The van der Waals surface area contributed by atoms with Crippen LogP contribution in [0.3, 0.4) is 0 Å². The predicted octanol–water partition coefficient (Wildman–Crippen LogP) is 2.33. The summed E-state index contributed by atoms with van der Waals surface area (Å²) in [5.74, 6) is 0.178. The molecule has 1 aromatic carbocycles. The normalized spacial score (nSPS) is 18.3. The predicted molar refractivity (Wildman–Crippen MR) is 64.8 cm³/mol. The van der Waals surface area contributed by atoms with E-state index in [0.29, 0.717) is 12.2 Å². The molecule has 1 aromatic heterocycles. The van der Waals surface area contributed by atoms with Gasteiger partial charge in [0.25, 0.3) is 0 Å². The number of hydrogen-bond acceptors (Lipinski definition) is 2. The van der Waals surface area contributed by atoms with Gasteiger partial charge in [-0.05, 0) is 24.6 Å². The Morgan fingerprint density at radius 2 is 2.06 bits per heavy atom. The first kappa shape index (κ1) is 11.0. The van der Waals surface area contributed by atoms with Crippen LogP contribution in [0.1, 0.15) is 29.2 Å². The molecule has 2 aromatic rings. The Morgan fingerprint density at radius 1 is 1.33 bits per heavy atom. The van der Waals surface area contributed by atoms with Crippen molar-refractivity contribution in [3.63, 3.8) is 0 Å². The smallest absolute Gasteiger partial charge is 0.226 e. The van der Waals surface area contributed by atoms with E-state index in [-0.39, 0.29) is 17.6 Å². The van der Waals surface area contributed by atoms with Crippen molar-refractivity contribution in [1.29, 1.82) is 0 Å². The van der Waals surface area contributed by atoms with Gasteiger partial charge in [0.05, 0.1) is 0 Å². The van der Waals surface area contributed by atoms with Gasteiger partial charge < -0.3 is 5.32 Å². The van der Waals surface area contributed by atoms with E-state index in [4.69, 9.17) is 0 Å². The van der Waals surface area contributed by atoms with Crippen molar-refractivity contribution in [3.8, 4) is 0 Å². The fraction of sp³-hybridized carbons (Fsp3) is 0.231. The first-order valence-corrected chi connectivity index (χ1v) is 5.75. The third-order valence-corrected chi connectivity index (χ3v) is 3.26. The lowest BCUT2D eigenvalue weighted by Gasteiger charge is -2.22. The zero-order valence-electron chi connectivity index (χ0n) is 9.83. The molecular weight excluding hydrogens is 233 g/mol. The highest BCUT2D eigenvalue weighted by atomic mass is 19.1. The third-order valence-electron chi connectivity index (χ3n) is 3.26. The minimum absolute atomic E-state index is 0.0619. The van der Waals surface area contributed by atoms with Gasteiger partial charge in [0.1, 0.15) is 5.82 Å². The standard InChI is InChI=1S/C13H12FN3O/c1-7-12-10(8-2-4-9(14)5-3-8)6-11(18)15-13(12)17-16-7/h2-5,10H,6H2,1H3,(H2,15,16,17,18). The molecule has 2 N–H and O–H groups in total. The van der Waals surface area contributed by atoms with E-state index in [1.807, 2.05) is 6.92 Å². The Kier molecular flexibility index (Phi) is 2.40. The highest BCUT2D eigenvalue weighted by molar-refractivity contribution is 5.94. The van der Waals surface area contributed by atoms with Crippen LogP contribution in [0.25, 0.3) is 0 Å². The summed E-state index contributed by atoms with van der Waals surface area (Å²) in [5.41, 5.74) is 2.84. The Bertz CT molecular complexity index is 603. The zero-order chi connectivity index (χ0) is 12.7. The average Bonchev–Trinajstić information content (AvgIpc) is 2.71. The van der Waals surface area contributed by atoms with E-state index in [2.05, 4.69) is 15.5 Å². The van der Waals surface area contributed by atoms with Crippen LogP contribution < -0.4 is 5.32 Å². The van der Waals surface area contributed by atoms with Crippen molar-refractivity contribution in [3.05, 3.63) is 46.9 Å². The largest absolute Gasteiger partial charge is 0.309 e. The summed E-state index contributed by atoms with van der Waals surface area (Å²) in [6, 6.07) is 6.26. The monoisotopic (exact) mass is 245 g/mol. The van der Waals surface area contributed by atoms with Gasteiger partial charge in [-0.3, -0.25) is 9.89 Å². The average molecular weight is 245 g/mol. The highest BCUT2D eigenvalue weighted by Gasteiger charge is 2.30. The lowest BCUT2D eigenvalue weighted by Crippen LogP contribution is -2.23. The molecule has 0 fully saturated rings. The van der Waals surface area contributed by atoms with Crippen molar-refractivity contribution in [2.75, 3.05) is 5.32 Å². The van der Waals surface area contributed by atoms with Gasteiger partial charge in [0.2, 0.25) is 5.91 Å². The molecule has 1 atom stereocenters. The summed E-state index contributed by atoms with van der Waals surface area (Å²) in [5, 5.41) is 9.68. The molecule has 1 aliphatic rings. The molecular formula is C13H12FN3O. The lowest BCUT2D eigenvalue weighted by molar-refractivity contribution is -0.116. The van der Waals surface area contributed by atoms with Crippen molar-refractivity contribution >= 4 is 11.7 Å². The fourth-order valence-corrected chi connectivity index (χ4v) is 2.41.